The van der Waals surface area contributed by atoms with Gasteiger partial charge in [0.05, 0.1) is 6.54 Å². The number of rotatable bonds is 5. The molecule has 0 radical (unpaired) electrons. The molecule has 0 spiro atoms. The van der Waals surface area contributed by atoms with Crippen LogP contribution in [0.2, 0.25) is 0 Å². The van der Waals surface area contributed by atoms with Gasteiger partial charge in [0.1, 0.15) is 5.75 Å². The average molecular weight is 452 g/mol. The van der Waals surface area contributed by atoms with Crippen LogP contribution in [0.1, 0.15) is 10.6 Å². The van der Waals surface area contributed by atoms with Gasteiger partial charge in [-0.2, -0.15) is 22.0 Å². The van der Waals surface area contributed by atoms with Gasteiger partial charge in [0, 0.05) is 18.1 Å². The molecule has 0 bridgehead atoms. The summed E-state index contributed by atoms with van der Waals surface area (Å²) in [5, 5.41) is 0. The van der Waals surface area contributed by atoms with E-state index < -0.39 is 48.2 Å². The monoisotopic (exact) mass is 451 g/mol. The molecule has 0 atom stereocenters. The van der Waals surface area contributed by atoms with E-state index >= 15 is 0 Å². The van der Waals surface area contributed by atoms with Crippen LogP contribution in [0.25, 0.3) is 0 Å². The van der Waals surface area contributed by atoms with Crippen LogP contribution in [-0.4, -0.2) is 40.9 Å². The summed E-state index contributed by atoms with van der Waals surface area (Å²) in [5.41, 5.74) is -0.545. The molecule has 160 valence electrons. The van der Waals surface area contributed by atoms with Crippen molar-refractivity contribution < 1.29 is 44.7 Å². The van der Waals surface area contributed by atoms with Gasteiger partial charge in [-0.05, 0) is 30.3 Å². The number of benzene rings is 1. The molecule has 5 nitrogen and oxygen atoms in total. The molecule has 1 aromatic heterocycles. The fourth-order valence-electron chi connectivity index (χ4n) is 1.93. The zero-order valence-corrected chi connectivity index (χ0v) is 14.7. The first-order valence-corrected chi connectivity index (χ1v) is 7.19. The van der Waals surface area contributed by atoms with Crippen LogP contribution in [-0.2, 0) is 0 Å². The molecule has 29 heavy (non-hydrogen) atoms. The van der Waals surface area contributed by atoms with Crippen molar-refractivity contribution >= 4 is 24.0 Å². The third-order valence-electron chi connectivity index (χ3n) is 3.16. The standard InChI is InChI=1S/C15H9F8N3O2.ClH/c16-13(17,14(18,19)20)8-26(12(27)11-24-6-1-7-25-11)9-2-4-10(5-3-9)28-15(21,22)23;/h1-7H,8H2;1H. The van der Waals surface area contributed by atoms with Crippen LogP contribution in [0.5, 0.6) is 5.75 Å². The number of anilines is 1. The van der Waals surface area contributed by atoms with Gasteiger partial charge in [-0.25, -0.2) is 9.97 Å². The highest BCUT2D eigenvalue weighted by Crippen LogP contribution is 2.37. The van der Waals surface area contributed by atoms with Crippen molar-refractivity contribution in [3.05, 3.63) is 48.5 Å². The number of hydrogen-bond donors (Lipinski definition) is 0. The Balaban J connectivity index is 0.00000420. The molecule has 0 saturated carbocycles. The van der Waals surface area contributed by atoms with E-state index in [1.54, 1.807) is 0 Å². The predicted molar refractivity (Wildman–Crippen MR) is 85.1 cm³/mol. The van der Waals surface area contributed by atoms with Crippen molar-refractivity contribution in [3.63, 3.8) is 0 Å². The van der Waals surface area contributed by atoms with Crippen LogP contribution >= 0.6 is 12.4 Å². The number of halogens is 9. The van der Waals surface area contributed by atoms with Gasteiger partial charge in [0.2, 0.25) is 5.82 Å². The van der Waals surface area contributed by atoms with Crippen LogP contribution in [0.3, 0.4) is 0 Å². The number of nitrogens with zero attached hydrogens (tertiary/aromatic N) is 3. The van der Waals surface area contributed by atoms with Crippen LogP contribution in [0.15, 0.2) is 42.7 Å². The first kappa shape index (κ1) is 24.3. The lowest BCUT2D eigenvalue weighted by Crippen LogP contribution is -2.49. The molecule has 1 amide bonds. The van der Waals surface area contributed by atoms with Crippen molar-refractivity contribution in [3.8, 4) is 5.75 Å². The highest BCUT2D eigenvalue weighted by atomic mass is 35.5. The second-order valence-electron chi connectivity index (χ2n) is 5.21. The molecule has 0 N–H and O–H groups in total. The number of carbonyl (C=O) groups excluding carboxylic acids is 1. The quantitative estimate of drug-likeness (QED) is 0.622. The highest BCUT2D eigenvalue weighted by molar-refractivity contribution is 6.03. The molecule has 2 rings (SSSR count). The Morgan fingerprint density at radius 3 is 1.90 bits per heavy atom. The Kier molecular flexibility index (Phi) is 7.35. The predicted octanol–water partition coefficient (Wildman–Crippen LogP) is 4.64. The van der Waals surface area contributed by atoms with E-state index in [2.05, 4.69) is 14.7 Å². The van der Waals surface area contributed by atoms with Crippen molar-refractivity contribution in [2.45, 2.75) is 18.5 Å². The normalized spacial score (nSPS) is 12.1. The fraction of sp³-hybridized carbons (Fsp3) is 0.267. The fourth-order valence-corrected chi connectivity index (χ4v) is 1.93. The summed E-state index contributed by atoms with van der Waals surface area (Å²) in [6.45, 7) is -2.13. The summed E-state index contributed by atoms with van der Waals surface area (Å²) >= 11 is 0. The van der Waals surface area contributed by atoms with E-state index in [-0.39, 0.29) is 17.3 Å². The van der Waals surface area contributed by atoms with E-state index in [0.29, 0.717) is 24.3 Å². The number of carbonyl (C=O) groups is 1. The second-order valence-corrected chi connectivity index (χ2v) is 5.21. The van der Waals surface area contributed by atoms with Gasteiger partial charge in [-0.15, -0.1) is 25.6 Å². The molecular weight excluding hydrogens is 442 g/mol. The number of aromatic nitrogens is 2. The van der Waals surface area contributed by atoms with Gasteiger partial charge >= 0.3 is 18.5 Å². The minimum atomic E-state index is -5.97. The number of hydrogen-bond acceptors (Lipinski definition) is 4. The minimum Gasteiger partial charge on any atom is -0.406 e. The maximum Gasteiger partial charge on any atom is 0.573 e. The van der Waals surface area contributed by atoms with Gasteiger partial charge in [0.15, 0.2) is 0 Å². The Bertz CT molecular complexity index is 813. The molecule has 1 heterocycles. The maximum atomic E-state index is 13.5. The van der Waals surface area contributed by atoms with Crippen molar-refractivity contribution in [1.82, 2.24) is 9.97 Å². The van der Waals surface area contributed by atoms with E-state index in [1.165, 1.54) is 6.07 Å². The lowest BCUT2D eigenvalue weighted by Gasteiger charge is -2.28. The largest absolute Gasteiger partial charge is 0.573 e. The first-order chi connectivity index (χ1) is 12.8. The smallest absolute Gasteiger partial charge is 0.406 e. The zero-order chi connectivity index (χ0) is 21.2. The Hall–Kier alpha value is -2.70. The molecule has 0 unspecified atom stereocenters. The van der Waals surface area contributed by atoms with Gasteiger partial charge in [-0.1, -0.05) is 0 Å². The molecule has 14 heteroatoms. The highest BCUT2D eigenvalue weighted by Gasteiger charge is 2.58. The van der Waals surface area contributed by atoms with E-state index in [9.17, 15) is 39.9 Å². The maximum absolute atomic E-state index is 13.5. The molecule has 2 aromatic rings. The molecule has 0 aliphatic rings. The summed E-state index contributed by atoms with van der Waals surface area (Å²) in [6, 6.07) is 4.01. The molecular formula is C15H10ClF8N3O2. The van der Waals surface area contributed by atoms with Crippen LogP contribution in [0, 0.1) is 0 Å². The summed E-state index contributed by atoms with van der Waals surface area (Å²) in [6.07, 6.45) is -8.90. The topological polar surface area (TPSA) is 55.3 Å². The van der Waals surface area contributed by atoms with E-state index in [4.69, 9.17) is 0 Å². The van der Waals surface area contributed by atoms with Crippen molar-refractivity contribution in [1.29, 1.82) is 0 Å². The zero-order valence-electron chi connectivity index (χ0n) is 13.8. The van der Waals surface area contributed by atoms with E-state index in [0.717, 1.165) is 12.4 Å². The third-order valence-corrected chi connectivity index (χ3v) is 3.16. The van der Waals surface area contributed by atoms with Crippen LogP contribution < -0.4 is 9.64 Å². The van der Waals surface area contributed by atoms with E-state index in [1.807, 2.05) is 0 Å². The molecule has 0 aliphatic carbocycles. The summed E-state index contributed by atoms with van der Waals surface area (Å²) in [4.78, 5) is 19.3. The second kappa shape index (κ2) is 8.76. The SMILES string of the molecule is Cl.O=C(c1ncccn1)N(CC(F)(F)C(F)(F)F)c1ccc(OC(F)(F)F)cc1. The van der Waals surface area contributed by atoms with Gasteiger partial charge < -0.3 is 4.74 Å². The Morgan fingerprint density at radius 2 is 1.45 bits per heavy atom. The van der Waals surface area contributed by atoms with Gasteiger partial charge in [0.25, 0.3) is 5.91 Å². The molecule has 0 aliphatic heterocycles. The number of ether oxygens (including phenoxy) is 1. The molecule has 0 saturated heterocycles. The average Bonchev–Trinajstić information content (AvgIpc) is 2.58. The minimum absolute atomic E-state index is 0. The Morgan fingerprint density at radius 1 is 0.931 bits per heavy atom. The number of amides is 1. The Labute approximate surface area is 163 Å². The molecule has 0 fully saturated rings. The summed E-state index contributed by atoms with van der Waals surface area (Å²) < 4.78 is 105. The summed E-state index contributed by atoms with van der Waals surface area (Å²) in [7, 11) is 0. The lowest BCUT2D eigenvalue weighted by molar-refractivity contribution is -0.276. The first-order valence-electron chi connectivity index (χ1n) is 7.19. The molecule has 1 aromatic carbocycles. The van der Waals surface area contributed by atoms with Crippen LogP contribution in [0.4, 0.5) is 40.8 Å². The van der Waals surface area contributed by atoms with Gasteiger partial charge in [-0.3, -0.25) is 9.69 Å². The van der Waals surface area contributed by atoms with Crippen molar-refractivity contribution in [2.24, 2.45) is 0 Å². The number of alkyl halides is 8. The third kappa shape index (κ3) is 6.41. The van der Waals surface area contributed by atoms with Crippen molar-refractivity contribution in [2.75, 3.05) is 11.4 Å². The lowest BCUT2D eigenvalue weighted by atomic mass is 10.2. The summed E-state index contributed by atoms with van der Waals surface area (Å²) in [5.74, 6) is -8.16.